The lowest BCUT2D eigenvalue weighted by molar-refractivity contribution is 0.490. The SMILES string of the molecule is C1=CCC(NC(c2ccccc2)c2ccccc2)C1. The van der Waals surface area contributed by atoms with Gasteiger partial charge in [0.1, 0.15) is 0 Å². The predicted octanol–water partition coefficient (Wildman–Crippen LogP) is 4.08. The summed E-state index contributed by atoms with van der Waals surface area (Å²) in [6.45, 7) is 0. The molecule has 0 aliphatic heterocycles. The van der Waals surface area contributed by atoms with Crippen molar-refractivity contribution in [3.05, 3.63) is 83.9 Å². The number of benzene rings is 2. The fraction of sp³-hybridized carbons (Fsp3) is 0.222. The summed E-state index contributed by atoms with van der Waals surface area (Å²) < 4.78 is 0. The molecule has 3 rings (SSSR count). The third-order valence-electron chi connectivity index (χ3n) is 3.68. The van der Waals surface area contributed by atoms with Gasteiger partial charge in [-0.1, -0.05) is 72.8 Å². The standard InChI is InChI=1S/C18H19N/c1-3-9-15(10-4-1)18(16-11-5-2-6-12-16)19-17-13-7-8-14-17/h1-12,17-19H,13-14H2. The monoisotopic (exact) mass is 249 g/mol. The molecule has 1 heteroatoms. The van der Waals surface area contributed by atoms with Crippen LogP contribution in [0.4, 0.5) is 0 Å². The minimum Gasteiger partial charge on any atom is -0.303 e. The highest BCUT2D eigenvalue weighted by atomic mass is 15.0. The predicted molar refractivity (Wildman–Crippen MR) is 80.0 cm³/mol. The summed E-state index contributed by atoms with van der Waals surface area (Å²) in [6.07, 6.45) is 6.81. The molecule has 0 bridgehead atoms. The summed E-state index contributed by atoms with van der Waals surface area (Å²) in [5.41, 5.74) is 2.67. The Kier molecular flexibility index (Phi) is 3.75. The van der Waals surface area contributed by atoms with E-state index in [2.05, 4.69) is 78.1 Å². The molecule has 1 aliphatic carbocycles. The zero-order chi connectivity index (χ0) is 12.9. The summed E-state index contributed by atoms with van der Waals surface area (Å²) in [4.78, 5) is 0. The fourth-order valence-corrected chi connectivity index (χ4v) is 2.66. The van der Waals surface area contributed by atoms with E-state index in [1.165, 1.54) is 11.1 Å². The van der Waals surface area contributed by atoms with Crippen LogP contribution >= 0.6 is 0 Å². The summed E-state index contributed by atoms with van der Waals surface area (Å²) in [5.74, 6) is 0. The maximum atomic E-state index is 3.79. The van der Waals surface area contributed by atoms with Crippen LogP contribution in [0, 0.1) is 0 Å². The topological polar surface area (TPSA) is 12.0 Å². The van der Waals surface area contributed by atoms with E-state index in [0.717, 1.165) is 12.8 Å². The Balaban J connectivity index is 1.87. The molecule has 2 aromatic rings. The van der Waals surface area contributed by atoms with Crippen LogP contribution in [0.15, 0.2) is 72.8 Å². The number of hydrogen-bond donors (Lipinski definition) is 1. The smallest absolute Gasteiger partial charge is 0.0579 e. The van der Waals surface area contributed by atoms with E-state index in [1.54, 1.807) is 0 Å². The van der Waals surface area contributed by atoms with Crippen LogP contribution in [0.5, 0.6) is 0 Å². The van der Waals surface area contributed by atoms with Crippen molar-refractivity contribution in [2.75, 3.05) is 0 Å². The van der Waals surface area contributed by atoms with Gasteiger partial charge < -0.3 is 5.32 Å². The molecule has 0 radical (unpaired) electrons. The average molecular weight is 249 g/mol. The highest BCUT2D eigenvalue weighted by molar-refractivity contribution is 5.31. The van der Waals surface area contributed by atoms with E-state index in [4.69, 9.17) is 0 Å². The number of nitrogens with one attached hydrogen (secondary N) is 1. The molecule has 1 aliphatic rings. The van der Waals surface area contributed by atoms with E-state index >= 15 is 0 Å². The van der Waals surface area contributed by atoms with Crippen molar-refractivity contribution in [3.63, 3.8) is 0 Å². The van der Waals surface area contributed by atoms with Crippen LogP contribution in [0.3, 0.4) is 0 Å². The molecule has 0 heterocycles. The van der Waals surface area contributed by atoms with Gasteiger partial charge >= 0.3 is 0 Å². The Labute approximate surface area is 115 Å². The first-order valence-electron chi connectivity index (χ1n) is 6.94. The molecular formula is C18H19N. The van der Waals surface area contributed by atoms with Crippen LogP contribution in [-0.4, -0.2) is 6.04 Å². The van der Waals surface area contributed by atoms with Crippen molar-refractivity contribution < 1.29 is 0 Å². The Morgan fingerprint density at radius 3 is 1.68 bits per heavy atom. The highest BCUT2D eigenvalue weighted by Gasteiger charge is 2.18. The molecule has 0 saturated heterocycles. The van der Waals surface area contributed by atoms with Crippen molar-refractivity contribution in [1.82, 2.24) is 5.32 Å². The summed E-state index contributed by atoms with van der Waals surface area (Å²) in [7, 11) is 0. The molecule has 0 spiro atoms. The first-order chi connectivity index (χ1) is 9.43. The first-order valence-corrected chi connectivity index (χ1v) is 6.94. The second kappa shape index (κ2) is 5.85. The molecule has 0 fully saturated rings. The molecule has 0 unspecified atom stereocenters. The minimum atomic E-state index is 0.285. The summed E-state index contributed by atoms with van der Waals surface area (Å²) >= 11 is 0. The van der Waals surface area contributed by atoms with Crippen LogP contribution < -0.4 is 5.32 Å². The van der Waals surface area contributed by atoms with Gasteiger partial charge in [-0.25, -0.2) is 0 Å². The average Bonchev–Trinajstić information content (AvgIpc) is 3.00. The number of hydrogen-bond acceptors (Lipinski definition) is 1. The van der Waals surface area contributed by atoms with Crippen molar-refractivity contribution in [2.45, 2.75) is 24.9 Å². The van der Waals surface area contributed by atoms with Crippen molar-refractivity contribution in [3.8, 4) is 0 Å². The molecule has 1 nitrogen and oxygen atoms in total. The van der Waals surface area contributed by atoms with Crippen LogP contribution in [0.2, 0.25) is 0 Å². The van der Waals surface area contributed by atoms with Gasteiger partial charge in [-0.15, -0.1) is 0 Å². The molecular weight excluding hydrogens is 230 g/mol. The largest absolute Gasteiger partial charge is 0.303 e. The summed E-state index contributed by atoms with van der Waals surface area (Å²) in [6, 6.07) is 22.2. The Morgan fingerprint density at radius 1 is 0.737 bits per heavy atom. The van der Waals surface area contributed by atoms with Crippen LogP contribution in [-0.2, 0) is 0 Å². The van der Waals surface area contributed by atoms with Gasteiger partial charge in [0.05, 0.1) is 6.04 Å². The molecule has 2 aromatic carbocycles. The molecule has 0 atom stereocenters. The van der Waals surface area contributed by atoms with Gasteiger partial charge in [-0.05, 0) is 24.0 Å². The van der Waals surface area contributed by atoms with E-state index in [1.807, 2.05) is 0 Å². The first kappa shape index (κ1) is 12.2. The minimum absolute atomic E-state index is 0.285. The van der Waals surface area contributed by atoms with E-state index in [9.17, 15) is 0 Å². The van der Waals surface area contributed by atoms with E-state index in [0.29, 0.717) is 6.04 Å². The fourth-order valence-electron chi connectivity index (χ4n) is 2.66. The van der Waals surface area contributed by atoms with Crippen LogP contribution in [0.25, 0.3) is 0 Å². The van der Waals surface area contributed by atoms with Gasteiger partial charge in [0.15, 0.2) is 0 Å². The Bertz CT molecular complexity index is 483. The molecule has 96 valence electrons. The third-order valence-corrected chi connectivity index (χ3v) is 3.68. The zero-order valence-corrected chi connectivity index (χ0v) is 11.0. The normalized spacial score (nSPS) is 15.2. The highest BCUT2D eigenvalue weighted by Crippen LogP contribution is 2.24. The van der Waals surface area contributed by atoms with Gasteiger partial charge in [-0.2, -0.15) is 0 Å². The zero-order valence-electron chi connectivity index (χ0n) is 11.0. The molecule has 19 heavy (non-hydrogen) atoms. The summed E-state index contributed by atoms with van der Waals surface area (Å²) in [5, 5.41) is 3.79. The molecule has 0 aromatic heterocycles. The van der Waals surface area contributed by atoms with E-state index in [-0.39, 0.29) is 6.04 Å². The second-order valence-corrected chi connectivity index (χ2v) is 5.06. The lowest BCUT2D eigenvalue weighted by Crippen LogP contribution is -2.31. The molecule has 1 N–H and O–H groups in total. The second-order valence-electron chi connectivity index (χ2n) is 5.06. The van der Waals surface area contributed by atoms with Gasteiger partial charge in [0.25, 0.3) is 0 Å². The van der Waals surface area contributed by atoms with Crippen molar-refractivity contribution in [2.24, 2.45) is 0 Å². The molecule has 0 saturated carbocycles. The van der Waals surface area contributed by atoms with Crippen molar-refractivity contribution >= 4 is 0 Å². The maximum Gasteiger partial charge on any atom is 0.0579 e. The Hall–Kier alpha value is -1.86. The molecule has 0 amide bonds. The number of rotatable bonds is 4. The maximum absolute atomic E-state index is 3.79. The van der Waals surface area contributed by atoms with Crippen molar-refractivity contribution in [1.29, 1.82) is 0 Å². The van der Waals surface area contributed by atoms with E-state index < -0.39 is 0 Å². The van der Waals surface area contributed by atoms with Gasteiger partial charge in [-0.3, -0.25) is 0 Å². The van der Waals surface area contributed by atoms with Crippen LogP contribution in [0.1, 0.15) is 30.0 Å². The van der Waals surface area contributed by atoms with Gasteiger partial charge in [0, 0.05) is 6.04 Å². The third kappa shape index (κ3) is 2.94. The Morgan fingerprint density at radius 2 is 1.21 bits per heavy atom. The quantitative estimate of drug-likeness (QED) is 0.805. The lowest BCUT2D eigenvalue weighted by Gasteiger charge is -2.24. The lowest BCUT2D eigenvalue weighted by atomic mass is 9.97. The van der Waals surface area contributed by atoms with Gasteiger partial charge in [0.2, 0.25) is 0 Å².